The van der Waals surface area contributed by atoms with Gasteiger partial charge in [0.05, 0.1) is 13.2 Å². The number of carbonyl (C=O) groups excluding carboxylic acids is 3. The van der Waals surface area contributed by atoms with Crippen LogP contribution in [0.2, 0.25) is 0 Å². The Morgan fingerprint density at radius 2 is 1.55 bits per heavy atom. The van der Waals surface area contributed by atoms with Crippen LogP contribution >= 0.6 is 0 Å². The minimum absolute atomic E-state index is 0.0699. The number of hydrogen-bond donors (Lipinski definition) is 5. The zero-order valence-electron chi connectivity index (χ0n) is 22.3. The van der Waals surface area contributed by atoms with E-state index in [0.717, 1.165) is 5.56 Å². The number of methoxy groups -OCH3 is 1. The summed E-state index contributed by atoms with van der Waals surface area (Å²) in [7, 11) is 3.05. The van der Waals surface area contributed by atoms with Crippen LogP contribution in [0.3, 0.4) is 0 Å². The summed E-state index contributed by atoms with van der Waals surface area (Å²) in [4.78, 5) is 50.1. The van der Waals surface area contributed by atoms with Crippen LogP contribution in [0, 0.1) is 5.92 Å². The number of amides is 3. The van der Waals surface area contributed by atoms with Gasteiger partial charge in [-0.1, -0.05) is 44.2 Å². The molecule has 2 aromatic rings. The van der Waals surface area contributed by atoms with Gasteiger partial charge < -0.3 is 25.8 Å². The summed E-state index contributed by atoms with van der Waals surface area (Å²) in [6, 6.07) is 13.0. The lowest BCUT2D eigenvalue weighted by Crippen LogP contribution is -2.56. The summed E-state index contributed by atoms with van der Waals surface area (Å²) in [5, 5.41) is 20.8. The maximum Gasteiger partial charge on any atom is 0.320 e. The van der Waals surface area contributed by atoms with Crippen molar-refractivity contribution in [2.45, 2.75) is 51.2 Å². The zero-order chi connectivity index (χ0) is 28.1. The number of benzene rings is 2. The summed E-state index contributed by atoms with van der Waals surface area (Å²) in [6.07, 6.45) is 0.674. The number of aliphatic carboxylic acids is 1. The summed E-state index contributed by atoms with van der Waals surface area (Å²) in [6.45, 7) is 3.95. The van der Waals surface area contributed by atoms with Gasteiger partial charge in [-0.25, -0.2) is 0 Å². The Balaban J connectivity index is 2.07. The standard InChI is InChI=1S/C28H38N4O6/c1-18(2)16-23(31-22(28(36)37)14-15-30-25(33)20-8-6-5-7-9-20)27(35)32-24(26(34)29-3)17-19-10-12-21(38-4)13-11-19/h5-13,18,22-24,31H,14-17H2,1-4H3,(H,29,34)(H,30,33)(H,32,35)(H,36,37)/t22-,23+,24+/m1/s1. The van der Waals surface area contributed by atoms with Gasteiger partial charge in [0.25, 0.3) is 5.91 Å². The van der Waals surface area contributed by atoms with Gasteiger partial charge in [-0.2, -0.15) is 0 Å². The van der Waals surface area contributed by atoms with Gasteiger partial charge in [0.2, 0.25) is 11.8 Å². The van der Waals surface area contributed by atoms with Gasteiger partial charge in [0.1, 0.15) is 17.8 Å². The summed E-state index contributed by atoms with van der Waals surface area (Å²) < 4.78 is 5.17. The lowest BCUT2D eigenvalue weighted by molar-refractivity contribution is -0.140. The first-order valence-corrected chi connectivity index (χ1v) is 12.6. The Morgan fingerprint density at radius 3 is 2.11 bits per heavy atom. The Kier molecular flexibility index (Phi) is 12.2. The average Bonchev–Trinajstić information content (AvgIpc) is 2.91. The van der Waals surface area contributed by atoms with E-state index in [0.29, 0.717) is 17.7 Å². The number of likely N-dealkylation sites (N-methyl/N-ethyl adjacent to an activating group) is 1. The average molecular weight is 527 g/mol. The highest BCUT2D eigenvalue weighted by molar-refractivity contribution is 5.94. The Labute approximate surface area is 223 Å². The molecule has 0 heterocycles. The third kappa shape index (κ3) is 9.85. The Morgan fingerprint density at radius 1 is 0.895 bits per heavy atom. The number of carboxylic acid groups (broad SMARTS) is 1. The van der Waals surface area contributed by atoms with Gasteiger partial charge in [-0.05, 0) is 48.6 Å². The molecular formula is C28H38N4O6. The van der Waals surface area contributed by atoms with Gasteiger partial charge in [-0.3, -0.25) is 24.5 Å². The van der Waals surface area contributed by atoms with Crippen LogP contribution in [0.15, 0.2) is 54.6 Å². The van der Waals surface area contributed by atoms with E-state index in [1.165, 1.54) is 7.05 Å². The predicted octanol–water partition coefficient (Wildman–Crippen LogP) is 1.75. The molecule has 0 saturated carbocycles. The van der Waals surface area contributed by atoms with Crippen molar-refractivity contribution in [3.63, 3.8) is 0 Å². The van der Waals surface area contributed by atoms with Crippen LogP contribution in [-0.2, 0) is 20.8 Å². The first kappa shape index (κ1) is 30.3. The minimum atomic E-state index is -1.14. The largest absolute Gasteiger partial charge is 0.497 e. The molecule has 0 aliphatic rings. The molecule has 2 aromatic carbocycles. The second-order valence-corrected chi connectivity index (χ2v) is 9.38. The molecule has 3 amide bonds. The zero-order valence-corrected chi connectivity index (χ0v) is 22.3. The van der Waals surface area contributed by atoms with Crippen molar-refractivity contribution in [1.29, 1.82) is 0 Å². The SMILES string of the molecule is CNC(=O)[C@H](Cc1ccc(OC)cc1)NC(=O)[C@H](CC(C)C)N[C@H](CCNC(=O)c1ccccc1)C(=O)O. The van der Waals surface area contributed by atoms with Gasteiger partial charge in [-0.15, -0.1) is 0 Å². The topological polar surface area (TPSA) is 146 Å². The van der Waals surface area contributed by atoms with Crippen molar-refractivity contribution in [1.82, 2.24) is 21.3 Å². The van der Waals surface area contributed by atoms with Gasteiger partial charge >= 0.3 is 5.97 Å². The molecule has 0 fully saturated rings. The summed E-state index contributed by atoms with van der Waals surface area (Å²) in [5.74, 6) is -1.53. The number of rotatable bonds is 15. The van der Waals surface area contributed by atoms with Crippen LogP contribution in [0.5, 0.6) is 5.75 Å². The summed E-state index contributed by atoms with van der Waals surface area (Å²) in [5.41, 5.74) is 1.30. The number of ether oxygens (including phenoxy) is 1. The molecule has 0 saturated heterocycles. The van der Waals surface area contributed by atoms with E-state index >= 15 is 0 Å². The van der Waals surface area contributed by atoms with E-state index in [9.17, 15) is 24.3 Å². The van der Waals surface area contributed by atoms with Crippen LogP contribution in [0.1, 0.15) is 42.6 Å². The Hall–Kier alpha value is -3.92. The van der Waals surface area contributed by atoms with Crippen LogP contribution in [-0.4, -0.2) is 67.6 Å². The lowest BCUT2D eigenvalue weighted by atomic mass is 10.00. The fourth-order valence-electron chi connectivity index (χ4n) is 3.92. The number of nitrogens with one attached hydrogen (secondary N) is 4. The van der Waals surface area contributed by atoms with Crippen molar-refractivity contribution in [2.24, 2.45) is 5.92 Å². The van der Waals surface area contributed by atoms with Crippen molar-refractivity contribution in [2.75, 3.05) is 20.7 Å². The van der Waals surface area contributed by atoms with Gasteiger partial charge in [0, 0.05) is 25.6 Å². The highest BCUT2D eigenvalue weighted by Gasteiger charge is 2.30. The fraction of sp³-hybridized carbons (Fsp3) is 0.429. The molecule has 206 valence electrons. The van der Waals surface area contributed by atoms with E-state index in [-0.39, 0.29) is 37.1 Å². The van der Waals surface area contributed by atoms with Crippen molar-refractivity contribution in [3.8, 4) is 5.75 Å². The summed E-state index contributed by atoms with van der Waals surface area (Å²) >= 11 is 0. The lowest BCUT2D eigenvalue weighted by Gasteiger charge is -2.26. The molecule has 10 nitrogen and oxygen atoms in total. The first-order chi connectivity index (χ1) is 18.1. The molecule has 0 radical (unpaired) electrons. The molecule has 0 aromatic heterocycles. The van der Waals surface area contributed by atoms with E-state index in [2.05, 4.69) is 21.3 Å². The number of carboxylic acids is 1. The molecule has 3 atom stereocenters. The highest BCUT2D eigenvalue weighted by Crippen LogP contribution is 2.14. The second-order valence-electron chi connectivity index (χ2n) is 9.38. The van der Waals surface area contributed by atoms with Crippen LogP contribution in [0.25, 0.3) is 0 Å². The quantitative estimate of drug-likeness (QED) is 0.238. The number of carbonyl (C=O) groups is 4. The van der Waals surface area contributed by atoms with E-state index in [4.69, 9.17) is 4.74 Å². The first-order valence-electron chi connectivity index (χ1n) is 12.6. The minimum Gasteiger partial charge on any atom is -0.497 e. The fourth-order valence-corrected chi connectivity index (χ4v) is 3.92. The normalized spacial score (nSPS) is 13.2. The predicted molar refractivity (Wildman–Crippen MR) is 144 cm³/mol. The number of hydrogen-bond acceptors (Lipinski definition) is 6. The molecule has 38 heavy (non-hydrogen) atoms. The molecule has 2 rings (SSSR count). The van der Waals surface area contributed by atoms with E-state index < -0.39 is 30.0 Å². The monoisotopic (exact) mass is 526 g/mol. The second kappa shape index (κ2) is 15.4. The maximum atomic E-state index is 13.3. The van der Waals surface area contributed by atoms with Crippen molar-refractivity contribution in [3.05, 3.63) is 65.7 Å². The molecule has 0 aliphatic carbocycles. The molecule has 10 heteroatoms. The van der Waals surface area contributed by atoms with Gasteiger partial charge in [0.15, 0.2) is 0 Å². The Bertz CT molecular complexity index is 1060. The molecule has 0 aliphatic heterocycles. The molecule has 0 spiro atoms. The van der Waals surface area contributed by atoms with E-state index in [1.54, 1.807) is 49.6 Å². The van der Waals surface area contributed by atoms with Crippen LogP contribution in [0.4, 0.5) is 0 Å². The maximum absolute atomic E-state index is 13.3. The van der Waals surface area contributed by atoms with E-state index in [1.807, 2.05) is 26.0 Å². The molecule has 5 N–H and O–H groups in total. The smallest absolute Gasteiger partial charge is 0.320 e. The van der Waals surface area contributed by atoms with Crippen molar-refractivity contribution >= 4 is 23.7 Å². The third-order valence-electron chi connectivity index (χ3n) is 5.96. The highest BCUT2D eigenvalue weighted by atomic mass is 16.5. The molecular weight excluding hydrogens is 488 g/mol. The third-order valence-corrected chi connectivity index (χ3v) is 5.96. The molecule has 0 unspecified atom stereocenters. The molecule has 0 bridgehead atoms. The van der Waals surface area contributed by atoms with Crippen molar-refractivity contribution < 1.29 is 29.0 Å². The van der Waals surface area contributed by atoms with Crippen LogP contribution < -0.4 is 26.0 Å².